The van der Waals surface area contributed by atoms with E-state index in [-0.39, 0.29) is 23.8 Å². The van der Waals surface area contributed by atoms with Crippen LogP contribution in [-0.2, 0) is 14.6 Å². The fourth-order valence-electron chi connectivity index (χ4n) is 1.60. The van der Waals surface area contributed by atoms with Gasteiger partial charge in [0.1, 0.15) is 0 Å². The van der Waals surface area contributed by atoms with Gasteiger partial charge >= 0.3 is 0 Å². The highest BCUT2D eigenvalue weighted by molar-refractivity contribution is 7.91. The lowest BCUT2D eigenvalue weighted by Crippen LogP contribution is -2.19. The molecule has 0 saturated heterocycles. The predicted octanol–water partition coefficient (Wildman–Crippen LogP) is 2.10. The number of nitrogens with zero attached hydrogens (tertiary/aromatic N) is 1. The molecular weight excluding hydrogens is 276 g/mol. The lowest BCUT2D eigenvalue weighted by atomic mass is 10.2. The van der Waals surface area contributed by atoms with E-state index in [9.17, 15) is 13.2 Å². The third kappa shape index (κ3) is 5.85. The highest BCUT2D eigenvalue weighted by Crippen LogP contribution is 2.10. The second-order valence-corrected chi connectivity index (χ2v) is 6.80. The minimum absolute atomic E-state index is 0.0666. The highest BCUT2D eigenvalue weighted by atomic mass is 32.2. The minimum atomic E-state index is -3.16. The number of amides is 1. The lowest BCUT2D eigenvalue weighted by molar-refractivity contribution is -0.115. The van der Waals surface area contributed by atoms with E-state index in [1.165, 1.54) is 0 Å². The van der Waals surface area contributed by atoms with Crippen molar-refractivity contribution in [1.82, 2.24) is 0 Å². The number of unbranched alkanes of at least 4 members (excludes halogenated alkanes) is 1. The van der Waals surface area contributed by atoms with Crippen LogP contribution in [0.2, 0.25) is 0 Å². The molecule has 20 heavy (non-hydrogen) atoms. The van der Waals surface area contributed by atoms with Crippen molar-refractivity contribution in [3.05, 3.63) is 29.8 Å². The van der Waals surface area contributed by atoms with Crippen molar-refractivity contribution in [3.8, 4) is 6.07 Å². The first kappa shape index (κ1) is 16.2. The first-order chi connectivity index (χ1) is 9.46. The maximum atomic E-state index is 11.7. The smallest absolute Gasteiger partial charge is 0.225 e. The Morgan fingerprint density at radius 2 is 2.10 bits per heavy atom. The van der Waals surface area contributed by atoms with Crippen molar-refractivity contribution < 1.29 is 13.2 Å². The minimum Gasteiger partial charge on any atom is -0.326 e. The van der Waals surface area contributed by atoms with Crippen LogP contribution < -0.4 is 5.32 Å². The van der Waals surface area contributed by atoms with Crippen molar-refractivity contribution >= 4 is 21.4 Å². The van der Waals surface area contributed by atoms with Gasteiger partial charge in [-0.2, -0.15) is 5.26 Å². The number of anilines is 1. The van der Waals surface area contributed by atoms with Crippen molar-refractivity contribution in [2.24, 2.45) is 0 Å². The van der Waals surface area contributed by atoms with Gasteiger partial charge < -0.3 is 5.32 Å². The van der Waals surface area contributed by atoms with Crippen molar-refractivity contribution in [3.63, 3.8) is 0 Å². The van der Waals surface area contributed by atoms with Gasteiger partial charge in [0.25, 0.3) is 0 Å². The van der Waals surface area contributed by atoms with Crippen LogP contribution >= 0.6 is 0 Å². The molecule has 0 fully saturated rings. The second kappa shape index (κ2) is 7.65. The summed E-state index contributed by atoms with van der Waals surface area (Å²) in [6.45, 7) is 1.92. The third-order valence-electron chi connectivity index (χ3n) is 2.72. The molecule has 1 amide bonds. The Hall–Kier alpha value is -1.87. The van der Waals surface area contributed by atoms with Gasteiger partial charge in [0, 0.05) is 12.1 Å². The summed E-state index contributed by atoms with van der Waals surface area (Å²) in [5.41, 5.74) is 0.943. The number of carbonyl (C=O) groups excluding carboxylic acids is 1. The standard InChI is InChI=1S/C14H18N2O3S/c1-2-3-8-20(18,19)9-7-14(17)16-13-6-4-5-12(10-13)11-15/h4-6,10H,2-3,7-9H2,1H3,(H,16,17). The molecule has 0 aliphatic carbocycles. The molecule has 0 aliphatic heterocycles. The highest BCUT2D eigenvalue weighted by Gasteiger charge is 2.13. The van der Waals surface area contributed by atoms with E-state index < -0.39 is 9.84 Å². The molecule has 0 atom stereocenters. The molecule has 0 bridgehead atoms. The first-order valence-corrected chi connectivity index (χ1v) is 8.29. The summed E-state index contributed by atoms with van der Waals surface area (Å²) in [6, 6.07) is 8.46. The Morgan fingerprint density at radius 3 is 2.75 bits per heavy atom. The second-order valence-electron chi connectivity index (χ2n) is 4.50. The molecule has 0 radical (unpaired) electrons. The van der Waals surface area contributed by atoms with E-state index in [1.54, 1.807) is 24.3 Å². The van der Waals surface area contributed by atoms with Crippen molar-refractivity contribution in [2.45, 2.75) is 26.2 Å². The Balaban J connectivity index is 2.50. The summed E-state index contributed by atoms with van der Waals surface area (Å²) < 4.78 is 23.2. The summed E-state index contributed by atoms with van der Waals surface area (Å²) in [5.74, 6) is -0.377. The maximum Gasteiger partial charge on any atom is 0.225 e. The van der Waals surface area contributed by atoms with E-state index in [2.05, 4.69) is 5.32 Å². The SMILES string of the molecule is CCCCS(=O)(=O)CCC(=O)Nc1cccc(C#N)c1. The monoisotopic (exact) mass is 294 g/mol. The van der Waals surface area contributed by atoms with Crippen LogP contribution in [0.5, 0.6) is 0 Å². The van der Waals surface area contributed by atoms with Gasteiger partial charge in [-0.25, -0.2) is 8.42 Å². The van der Waals surface area contributed by atoms with E-state index in [0.29, 0.717) is 17.7 Å². The molecule has 0 spiro atoms. The van der Waals surface area contributed by atoms with E-state index in [1.807, 2.05) is 13.0 Å². The van der Waals surface area contributed by atoms with Gasteiger partial charge in [-0.05, 0) is 24.6 Å². The molecule has 0 aromatic heterocycles. The average molecular weight is 294 g/mol. The van der Waals surface area contributed by atoms with Gasteiger partial charge in [-0.1, -0.05) is 19.4 Å². The number of nitriles is 1. The Bertz CT molecular complexity index is 603. The molecular formula is C14H18N2O3S. The van der Waals surface area contributed by atoms with Crippen LogP contribution in [-0.4, -0.2) is 25.8 Å². The van der Waals surface area contributed by atoms with Crippen LogP contribution in [0.4, 0.5) is 5.69 Å². The summed E-state index contributed by atoms with van der Waals surface area (Å²) in [5, 5.41) is 11.3. The fraction of sp³-hybridized carbons (Fsp3) is 0.429. The number of sulfone groups is 1. The van der Waals surface area contributed by atoms with E-state index in [4.69, 9.17) is 5.26 Å². The number of nitrogens with one attached hydrogen (secondary N) is 1. The van der Waals surface area contributed by atoms with Crippen LogP contribution in [0.25, 0.3) is 0 Å². The fourth-order valence-corrected chi connectivity index (χ4v) is 3.03. The molecule has 0 unspecified atom stereocenters. The third-order valence-corrected chi connectivity index (χ3v) is 4.46. The van der Waals surface area contributed by atoms with Gasteiger partial charge in [0.2, 0.25) is 5.91 Å². The average Bonchev–Trinajstić information content (AvgIpc) is 2.43. The van der Waals surface area contributed by atoms with E-state index >= 15 is 0 Å². The van der Waals surface area contributed by atoms with E-state index in [0.717, 1.165) is 6.42 Å². The van der Waals surface area contributed by atoms with Crippen molar-refractivity contribution in [1.29, 1.82) is 5.26 Å². The van der Waals surface area contributed by atoms with Gasteiger partial charge in [0.05, 0.1) is 23.1 Å². The summed E-state index contributed by atoms with van der Waals surface area (Å²) in [7, 11) is -3.16. The zero-order chi connectivity index (χ0) is 15.0. The van der Waals surface area contributed by atoms with Gasteiger partial charge in [-0.15, -0.1) is 0 Å². The molecule has 0 heterocycles. The summed E-state index contributed by atoms with van der Waals surface area (Å²) in [6.07, 6.45) is 1.36. The lowest BCUT2D eigenvalue weighted by Gasteiger charge is -2.06. The Morgan fingerprint density at radius 1 is 1.35 bits per heavy atom. The van der Waals surface area contributed by atoms with Crippen LogP contribution in [0.3, 0.4) is 0 Å². The predicted molar refractivity (Wildman–Crippen MR) is 78.0 cm³/mol. The molecule has 1 N–H and O–H groups in total. The molecule has 0 saturated carbocycles. The van der Waals surface area contributed by atoms with Crippen LogP contribution in [0.1, 0.15) is 31.7 Å². The molecule has 0 aliphatic rings. The number of carbonyl (C=O) groups is 1. The molecule has 1 aromatic carbocycles. The topological polar surface area (TPSA) is 87.0 Å². The molecule has 1 rings (SSSR count). The van der Waals surface area contributed by atoms with Gasteiger partial charge in [-0.3, -0.25) is 4.79 Å². The van der Waals surface area contributed by atoms with Crippen LogP contribution in [0, 0.1) is 11.3 Å². The first-order valence-electron chi connectivity index (χ1n) is 6.47. The molecule has 5 nitrogen and oxygen atoms in total. The number of benzene rings is 1. The zero-order valence-electron chi connectivity index (χ0n) is 11.4. The number of hydrogen-bond acceptors (Lipinski definition) is 4. The normalized spacial score (nSPS) is 10.8. The van der Waals surface area contributed by atoms with Gasteiger partial charge in [0.15, 0.2) is 9.84 Å². The zero-order valence-corrected chi connectivity index (χ0v) is 12.2. The van der Waals surface area contributed by atoms with Crippen molar-refractivity contribution in [2.75, 3.05) is 16.8 Å². The quantitative estimate of drug-likeness (QED) is 0.834. The van der Waals surface area contributed by atoms with Crippen LogP contribution in [0.15, 0.2) is 24.3 Å². The number of rotatable bonds is 7. The summed E-state index contributed by atoms with van der Waals surface area (Å²) in [4.78, 5) is 11.7. The largest absolute Gasteiger partial charge is 0.326 e. The Kier molecular flexibility index (Phi) is 6.19. The molecule has 6 heteroatoms. The maximum absolute atomic E-state index is 11.7. The Labute approximate surface area is 119 Å². The molecule has 1 aromatic rings. The summed E-state index contributed by atoms with van der Waals surface area (Å²) >= 11 is 0. The molecule has 108 valence electrons. The number of hydrogen-bond donors (Lipinski definition) is 1.